The Hall–Kier alpha value is -3.68. The summed E-state index contributed by atoms with van der Waals surface area (Å²) in [4.78, 5) is 49.6. The topological polar surface area (TPSA) is 102 Å². The van der Waals surface area contributed by atoms with Crippen molar-refractivity contribution in [1.29, 1.82) is 0 Å². The first-order valence-electron chi connectivity index (χ1n) is 8.31. The van der Waals surface area contributed by atoms with Crippen LogP contribution in [0.3, 0.4) is 0 Å². The van der Waals surface area contributed by atoms with E-state index < -0.39 is 23.8 Å². The number of para-hydroxylation sites is 2. The molecule has 2 amide bonds. The molecule has 0 saturated heterocycles. The molecular formula is C20H20N2O6. The smallest absolute Gasteiger partial charge is 0.339 e. The number of nitrogens with zero attached hydrogens (tertiary/aromatic N) is 1. The average molecular weight is 384 g/mol. The lowest BCUT2D eigenvalue weighted by molar-refractivity contribution is -0.120. The first-order valence-corrected chi connectivity index (χ1v) is 8.31. The molecule has 2 aromatic carbocycles. The molecule has 8 heteroatoms. The normalized spacial score (nSPS) is 9.96. The van der Waals surface area contributed by atoms with Crippen LogP contribution in [0.25, 0.3) is 0 Å². The highest BCUT2D eigenvalue weighted by Gasteiger charge is 2.22. The van der Waals surface area contributed by atoms with Crippen molar-refractivity contribution in [2.45, 2.75) is 6.92 Å². The molecule has 0 heterocycles. The lowest BCUT2D eigenvalue weighted by Gasteiger charge is -2.23. The van der Waals surface area contributed by atoms with E-state index >= 15 is 0 Å². The van der Waals surface area contributed by atoms with Crippen molar-refractivity contribution >= 4 is 35.1 Å². The van der Waals surface area contributed by atoms with E-state index in [-0.39, 0.29) is 29.0 Å². The summed E-state index contributed by atoms with van der Waals surface area (Å²) < 4.78 is 9.43. The fraction of sp³-hybridized carbons (Fsp3) is 0.200. The van der Waals surface area contributed by atoms with E-state index in [1.165, 1.54) is 33.3 Å². The van der Waals surface area contributed by atoms with Crippen molar-refractivity contribution in [1.82, 2.24) is 0 Å². The van der Waals surface area contributed by atoms with Gasteiger partial charge in [-0.25, -0.2) is 9.59 Å². The fourth-order valence-electron chi connectivity index (χ4n) is 2.57. The predicted molar refractivity (Wildman–Crippen MR) is 102 cm³/mol. The van der Waals surface area contributed by atoms with Crippen LogP contribution in [0.4, 0.5) is 11.4 Å². The van der Waals surface area contributed by atoms with Crippen LogP contribution in [0, 0.1) is 0 Å². The van der Waals surface area contributed by atoms with E-state index in [1.54, 1.807) is 36.4 Å². The van der Waals surface area contributed by atoms with Gasteiger partial charge in [0, 0.05) is 6.92 Å². The maximum atomic E-state index is 12.5. The second-order valence-electron chi connectivity index (χ2n) is 5.70. The zero-order chi connectivity index (χ0) is 20.7. The highest BCUT2D eigenvalue weighted by Crippen LogP contribution is 2.22. The van der Waals surface area contributed by atoms with Gasteiger partial charge < -0.3 is 19.7 Å². The number of esters is 2. The van der Waals surface area contributed by atoms with E-state index in [0.29, 0.717) is 0 Å². The number of carbonyl (C=O) groups is 4. The standard InChI is InChI=1S/C20H20N2O6/c1-13(23)22(17-11-7-5-9-15(17)20(26)28-3)12-18(24)21-16-10-6-4-8-14(16)19(25)27-2/h4-11H,12H2,1-3H3,(H,21,24). The number of methoxy groups -OCH3 is 2. The third-order valence-electron chi connectivity index (χ3n) is 3.89. The van der Waals surface area contributed by atoms with Gasteiger partial charge in [-0.1, -0.05) is 24.3 Å². The summed E-state index contributed by atoms with van der Waals surface area (Å²) in [7, 11) is 2.47. The van der Waals surface area contributed by atoms with Crippen LogP contribution in [0.15, 0.2) is 48.5 Å². The molecule has 0 bridgehead atoms. The van der Waals surface area contributed by atoms with Crippen molar-refractivity contribution in [2.75, 3.05) is 31.0 Å². The Morgan fingerprint density at radius 3 is 2.00 bits per heavy atom. The molecular weight excluding hydrogens is 364 g/mol. The summed E-state index contributed by atoms with van der Waals surface area (Å²) in [6.45, 7) is 0.919. The number of rotatable bonds is 6. The van der Waals surface area contributed by atoms with Crippen molar-refractivity contribution in [2.24, 2.45) is 0 Å². The minimum absolute atomic E-state index is 0.156. The average Bonchev–Trinajstić information content (AvgIpc) is 2.71. The summed E-state index contributed by atoms with van der Waals surface area (Å²) in [5.74, 6) is -2.22. The number of carbonyl (C=O) groups excluding carboxylic acids is 4. The van der Waals surface area contributed by atoms with Crippen LogP contribution in [-0.2, 0) is 19.1 Å². The van der Waals surface area contributed by atoms with E-state index in [2.05, 4.69) is 5.32 Å². The lowest BCUT2D eigenvalue weighted by Crippen LogP contribution is -2.37. The summed E-state index contributed by atoms with van der Waals surface area (Å²) in [6, 6.07) is 12.7. The molecule has 0 aromatic heterocycles. The SMILES string of the molecule is COC(=O)c1ccccc1NC(=O)CN(C(C)=O)c1ccccc1C(=O)OC. The molecule has 0 aliphatic heterocycles. The summed E-state index contributed by atoms with van der Waals surface area (Å²) >= 11 is 0. The maximum absolute atomic E-state index is 12.5. The van der Waals surface area contributed by atoms with Gasteiger partial charge in [0.15, 0.2) is 0 Å². The highest BCUT2D eigenvalue weighted by atomic mass is 16.5. The quantitative estimate of drug-likeness (QED) is 0.767. The summed E-state index contributed by atoms with van der Waals surface area (Å²) in [6.07, 6.45) is 0. The summed E-state index contributed by atoms with van der Waals surface area (Å²) in [5.41, 5.74) is 0.841. The number of nitrogens with one attached hydrogen (secondary N) is 1. The lowest BCUT2D eigenvalue weighted by atomic mass is 10.1. The van der Waals surface area contributed by atoms with Crippen LogP contribution >= 0.6 is 0 Å². The van der Waals surface area contributed by atoms with Gasteiger partial charge >= 0.3 is 11.9 Å². The van der Waals surface area contributed by atoms with E-state index in [9.17, 15) is 19.2 Å². The van der Waals surface area contributed by atoms with Gasteiger partial charge in [0.1, 0.15) is 6.54 Å². The number of hydrogen-bond acceptors (Lipinski definition) is 6. The Balaban J connectivity index is 2.28. The van der Waals surface area contributed by atoms with Gasteiger partial charge in [-0.2, -0.15) is 0 Å². The largest absolute Gasteiger partial charge is 0.465 e. The molecule has 146 valence electrons. The Bertz CT molecular complexity index is 909. The molecule has 2 aromatic rings. The first-order chi connectivity index (χ1) is 13.4. The molecule has 0 saturated carbocycles. The Kier molecular flexibility index (Phi) is 6.86. The molecule has 0 radical (unpaired) electrons. The molecule has 0 spiro atoms. The van der Waals surface area contributed by atoms with Gasteiger partial charge in [-0.3, -0.25) is 9.59 Å². The number of benzene rings is 2. The van der Waals surface area contributed by atoms with Crippen molar-refractivity contribution in [3.05, 3.63) is 59.7 Å². The zero-order valence-electron chi connectivity index (χ0n) is 15.7. The number of hydrogen-bond donors (Lipinski definition) is 1. The Morgan fingerprint density at radius 2 is 1.39 bits per heavy atom. The summed E-state index contributed by atoms with van der Waals surface area (Å²) in [5, 5.41) is 2.59. The van der Waals surface area contributed by atoms with Gasteiger partial charge in [0.2, 0.25) is 11.8 Å². The zero-order valence-corrected chi connectivity index (χ0v) is 15.7. The van der Waals surface area contributed by atoms with E-state index in [0.717, 1.165) is 4.90 Å². The van der Waals surface area contributed by atoms with Crippen LogP contribution < -0.4 is 10.2 Å². The van der Waals surface area contributed by atoms with Gasteiger partial charge in [-0.05, 0) is 24.3 Å². The van der Waals surface area contributed by atoms with Crippen LogP contribution in [0.5, 0.6) is 0 Å². The van der Waals surface area contributed by atoms with Crippen LogP contribution in [0.2, 0.25) is 0 Å². The second-order valence-corrected chi connectivity index (χ2v) is 5.70. The van der Waals surface area contributed by atoms with Crippen molar-refractivity contribution in [3.63, 3.8) is 0 Å². The van der Waals surface area contributed by atoms with Crippen molar-refractivity contribution < 1.29 is 28.7 Å². The van der Waals surface area contributed by atoms with Crippen molar-refractivity contribution in [3.8, 4) is 0 Å². The molecule has 2 rings (SSSR count). The van der Waals surface area contributed by atoms with Crippen LogP contribution in [0.1, 0.15) is 27.6 Å². The maximum Gasteiger partial charge on any atom is 0.339 e. The van der Waals surface area contributed by atoms with Crippen LogP contribution in [-0.4, -0.2) is 44.5 Å². The Morgan fingerprint density at radius 1 is 0.857 bits per heavy atom. The molecule has 28 heavy (non-hydrogen) atoms. The molecule has 0 fully saturated rings. The third-order valence-corrected chi connectivity index (χ3v) is 3.89. The molecule has 0 atom stereocenters. The number of anilines is 2. The second kappa shape index (κ2) is 9.31. The minimum Gasteiger partial charge on any atom is -0.465 e. The van der Waals surface area contributed by atoms with E-state index in [4.69, 9.17) is 9.47 Å². The molecule has 8 nitrogen and oxygen atoms in total. The number of amides is 2. The molecule has 1 N–H and O–H groups in total. The van der Waals surface area contributed by atoms with E-state index in [1.807, 2.05) is 0 Å². The fourth-order valence-corrected chi connectivity index (χ4v) is 2.57. The van der Waals surface area contributed by atoms with Gasteiger partial charge in [0.25, 0.3) is 0 Å². The molecule has 0 aliphatic carbocycles. The van der Waals surface area contributed by atoms with Gasteiger partial charge in [0.05, 0.1) is 36.7 Å². The molecule has 0 aliphatic rings. The first kappa shape index (κ1) is 20.6. The predicted octanol–water partition coefficient (Wildman–Crippen LogP) is 2.25. The third kappa shape index (κ3) is 4.73. The Labute approximate surface area is 162 Å². The molecule has 0 unspecified atom stereocenters. The minimum atomic E-state index is -0.627. The van der Waals surface area contributed by atoms with Gasteiger partial charge in [-0.15, -0.1) is 0 Å². The monoisotopic (exact) mass is 384 g/mol. The number of ether oxygens (including phenoxy) is 2. The highest BCUT2D eigenvalue weighted by molar-refractivity contribution is 6.07.